The second-order valence-electron chi connectivity index (χ2n) is 8.91. The molecule has 0 saturated heterocycles. The number of nitrogens with zero attached hydrogens (tertiary/aromatic N) is 2. The van der Waals surface area contributed by atoms with Gasteiger partial charge in [-0.3, -0.25) is 4.79 Å². The minimum atomic E-state index is -0.961. The lowest BCUT2D eigenvalue weighted by atomic mass is 10.1. The van der Waals surface area contributed by atoms with Crippen LogP contribution in [0.15, 0.2) is 85.1 Å². The Morgan fingerprint density at radius 3 is 2.33 bits per heavy atom. The summed E-state index contributed by atoms with van der Waals surface area (Å²) in [6.07, 6.45) is 5.85. The van der Waals surface area contributed by atoms with E-state index in [9.17, 15) is 14.7 Å². The minimum absolute atomic E-state index is 0.0680. The molecule has 5 nitrogen and oxygen atoms in total. The number of hydrogen-bond acceptors (Lipinski definition) is 4. The predicted octanol–water partition coefficient (Wildman–Crippen LogP) is 8.70. The molecule has 0 aliphatic carbocycles. The van der Waals surface area contributed by atoms with Gasteiger partial charge in [-0.15, -0.1) is 11.3 Å². The zero-order valence-corrected chi connectivity index (χ0v) is 23.1. The van der Waals surface area contributed by atoms with Gasteiger partial charge in [-0.2, -0.15) is 0 Å². The van der Waals surface area contributed by atoms with Crippen LogP contribution in [0.25, 0.3) is 33.9 Å². The first-order valence-electron chi connectivity index (χ1n) is 12.0. The molecule has 0 unspecified atom stereocenters. The van der Waals surface area contributed by atoms with Crippen LogP contribution >= 0.6 is 34.5 Å². The van der Waals surface area contributed by atoms with Crippen molar-refractivity contribution in [3.63, 3.8) is 0 Å². The van der Waals surface area contributed by atoms with E-state index in [1.165, 1.54) is 11.3 Å². The van der Waals surface area contributed by atoms with Crippen molar-refractivity contribution in [3.8, 4) is 21.7 Å². The Kier molecular flexibility index (Phi) is 7.79. The molecule has 194 valence electrons. The molecule has 0 aliphatic heterocycles. The molecule has 0 spiro atoms. The highest BCUT2D eigenvalue weighted by atomic mass is 35.5. The van der Waals surface area contributed by atoms with Crippen molar-refractivity contribution in [2.45, 2.75) is 13.5 Å². The van der Waals surface area contributed by atoms with Gasteiger partial charge in [0.25, 0.3) is 0 Å². The smallest absolute Gasteiger partial charge is 0.335 e. The van der Waals surface area contributed by atoms with Crippen LogP contribution in [0.1, 0.15) is 43.9 Å². The van der Waals surface area contributed by atoms with Crippen LogP contribution in [0.3, 0.4) is 0 Å². The van der Waals surface area contributed by atoms with Crippen molar-refractivity contribution in [3.05, 3.63) is 122 Å². The second kappa shape index (κ2) is 11.4. The number of ketones is 1. The van der Waals surface area contributed by atoms with E-state index in [1.54, 1.807) is 43.3 Å². The molecule has 0 aliphatic rings. The lowest BCUT2D eigenvalue weighted by molar-refractivity contribution is 0.0696. The summed E-state index contributed by atoms with van der Waals surface area (Å²) in [5.41, 5.74) is 4.69. The molecular weight excluding hydrogens is 551 g/mol. The number of imidazole rings is 1. The molecule has 0 radical (unpaired) electrons. The summed E-state index contributed by atoms with van der Waals surface area (Å²) in [7, 11) is 0. The van der Waals surface area contributed by atoms with Crippen molar-refractivity contribution in [1.29, 1.82) is 0 Å². The van der Waals surface area contributed by atoms with Crippen molar-refractivity contribution in [2.75, 3.05) is 0 Å². The number of rotatable bonds is 8. The normalized spacial score (nSPS) is 11.3. The Labute approximate surface area is 239 Å². The molecule has 0 saturated carbocycles. The number of aromatic nitrogens is 2. The van der Waals surface area contributed by atoms with Gasteiger partial charge in [-0.25, -0.2) is 9.78 Å². The zero-order valence-electron chi connectivity index (χ0n) is 20.8. The standard InChI is InChI=1S/C31H22Cl2N2O3S/c1-19(36)28-13-14-29(39-28)22-7-2-20(3-8-22)6-15-30-34-27(25-12-11-24(32)16-26(25)33)18-35(30)17-21-4-9-23(10-5-21)31(37)38/h2-16,18H,17H2,1H3,(H,37,38)/b15-6+. The molecule has 39 heavy (non-hydrogen) atoms. The maximum atomic E-state index is 11.6. The number of aromatic carboxylic acids is 1. The van der Waals surface area contributed by atoms with Crippen molar-refractivity contribution in [2.24, 2.45) is 0 Å². The van der Waals surface area contributed by atoms with Crippen LogP contribution in [-0.2, 0) is 6.54 Å². The molecular formula is C31H22Cl2N2O3S. The molecule has 0 amide bonds. The summed E-state index contributed by atoms with van der Waals surface area (Å²) < 4.78 is 2.00. The van der Waals surface area contributed by atoms with Crippen molar-refractivity contribution < 1.29 is 14.7 Å². The van der Waals surface area contributed by atoms with E-state index >= 15 is 0 Å². The lowest BCUT2D eigenvalue weighted by Gasteiger charge is -2.06. The van der Waals surface area contributed by atoms with Gasteiger partial charge < -0.3 is 9.67 Å². The number of Topliss-reactive ketones (excluding diaryl/α,β-unsaturated/α-hetero) is 1. The van der Waals surface area contributed by atoms with Gasteiger partial charge in [-0.1, -0.05) is 65.7 Å². The van der Waals surface area contributed by atoms with E-state index in [0.717, 1.165) is 32.0 Å². The molecule has 0 fully saturated rings. The van der Waals surface area contributed by atoms with E-state index < -0.39 is 5.97 Å². The van der Waals surface area contributed by atoms with Crippen LogP contribution in [0.5, 0.6) is 0 Å². The van der Waals surface area contributed by atoms with E-state index in [1.807, 2.05) is 65.4 Å². The fourth-order valence-corrected chi connectivity index (χ4v) is 5.49. The fourth-order valence-electron chi connectivity index (χ4n) is 4.08. The van der Waals surface area contributed by atoms with Gasteiger partial charge in [0.2, 0.25) is 0 Å². The number of carboxylic acids is 1. The van der Waals surface area contributed by atoms with Crippen LogP contribution < -0.4 is 0 Å². The van der Waals surface area contributed by atoms with Crippen LogP contribution in [0.2, 0.25) is 10.0 Å². The molecule has 5 aromatic rings. The van der Waals surface area contributed by atoms with Gasteiger partial charge in [0.05, 0.1) is 21.2 Å². The number of halogens is 2. The Morgan fingerprint density at radius 2 is 1.69 bits per heavy atom. The molecule has 5 rings (SSSR count). The Balaban J connectivity index is 1.44. The van der Waals surface area contributed by atoms with E-state index in [-0.39, 0.29) is 11.3 Å². The third kappa shape index (κ3) is 6.20. The highest BCUT2D eigenvalue weighted by Gasteiger charge is 2.13. The summed E-state index contributed by atoms with van der Waals surface area (Å²) in [6, 6.07) is 24.0. The first kappa shape index (κ1) is 26.6. The largest absolute Gasteiger partial charge is 0.478 e. The highest BCUT2D eigenvalue weighted by molar-refractivity contribution is 7.17. The number of carbonyl (C=O) groups excluding carboxylic acids is 1. The average molecular weight is 574 g/mol. The van der Waals surface area contributed by atoms with Gasteiger partial charge in [-0.05, 0) is 72.2 Å². The first-order chi connectivity index (χ1) is 18.8. The topological polar surface area (TPSA) is 72.2 Å². The monoisotopic (exact) mass is 572 g/mol. The Bertz CT molecular complexity index is 1700. The van der Waals surface area contributed by atoms with Gasteiger partial charge in [0.15, 0.2) is 5.78 Å². The van der Waals surface area contributed by atoms with Crippen molar-refractivity contribution in [1.82, 2.24) is 9.55 Å². The zero-order chi connectivity index (χ0) is 27.5. The number of carbonyl (C=O) groups is 2. The third-order valence-electron chi connectivity index (χ3n) is 6.14. The van der Waals surface area contributed by atoms with E-state index in [4.69, 9.17) is 28.2 Å². The minimum Gasteiger partial charge on any atom is -0.478 e. The van der Waals surface area contributed by atoms with Crippen LogP contribution in [0, 0.1) is 0 Å². The number of carboxylic acid groups (broad SMARTS) is 1. The molecule has 3 aromatic carbocycles. The molecule has 2 aromatic heterocycles. The number of thiophene rings is 1. The highest BCUT2D eigenvalue weighted by Crippen LogP contribution is 2.31. The summed E-state index contributed by atoms with van der Waals surface area (Å²) in [5.74, 6) is -0.179. The van der Waals surface area contributed by atoms with Crippen LogP contribution in [0.4, 0.5) is 0 Å². The lowest BCUT2D eigenvalue weighted by Crippen LogP contribution is -2.02. The Hall–Kier alpha value is -3.97. The van der Waals surface area contributed by atoms with E-state index in [2.05, 4.69) is 0 Å². The summed E-state index contributed by atoms with van der Waals surface area (Å²) in [4.78, 5) is 29.5. The maximum absolute atomic E-state index is 11.6. The SMILES string of the molecule is CC(=O)c1ccc(-c2ccc(/C=C/c3nc(-c4ccc(Cl)cc4Cl)cn3Cc3ccc(C(=O)O)cc3)cc2)s1. The summed E-state index contributed by atoms with van der Waals surface area (Å²) in [6.45, 7) is 2.07. The molecule has 1 N–H and O–H groups in total. The third-order valence-corrected chi connectivity index (χ3v) is 7.92. The second-order valence-corrected chi connectivity index (χ2v) is 10.8. The quantitative estimate of drug-likeness (QED) is 0.189. The van der Waals surface area contributed by atoms with Crippen molar-refractivity contribution >= 4 is 58.4 Å². The van der Waals surface area contributed by atoms with E-state index in [0.29, 0.717) is 28.1 Å². The molecule has 0 atom stereocenters. The predicted molar refractivity (Wildman–Crippen MR) is 159 cm³/mol. The molecule has 0 bridgehead atoms. The van der Waals surface area contributed by atoms with Gasteiger partial charge >= 0.3 is 5.97 Å². The summed E-state index contributed by atoms with van der Waals surface area (Å²) >= 11 is 14.0. The fraction of sp³-hybridized carbons (Fsp3) is 0.0645. The molecule has 8 heteroatoms. The first-order valence-corrected chi connectivity index (χ1v) is 13.6. The summed E-state index contributed by atoms with van der Waals surface area (Å²) in [5, 5.41) is 10.3. The van der Waals surface area contributed by atoms with Gasteiger partial charge in [0.1, 0.15) is 5.82 Å². The molecule has 2 heterocycles. The number of benzene rings is 3. The maximum Gasteiger partial charge on any atom is 0.335 e. The van der Waals surface area contributed by atoms with Gasteiger partial charge in [0, 0.05) is 28.2 Å². The average Bonchev–Trinajstić information content (AvgIpc) is 3.56. The van der Waals surface area contributed by atoms with Crippen LogP contribution in [-0.4, -0.2) is 26.4 Å². The number of hydrogen-bond donors (Lipinski definition) is 1. The Morgan fingerprint density at radius 1 is 0.949 bits per heavy atom.